The summed E-state index contributed by atoms with van der Waals surface area (Å²) in [5, 5.41) is 11.4. The summed E-state index contributed by atoms with van der Waals surface area (Å²) in [5.74, 6) is 0.998. The van der Waals surface area contributed by atoms with E-state index in [0.717, 1.165) is 26.8 Å². The van der Waals surface area contributed by atoms with Crippen molar-refractivity contribution in [2.24, 2.45) is 0 Å². The molecule has 0 radical (unpaired) electrons. The number of hydrogen-bond acceptors (Lipinski definition) is 8. The first-order valence-corrected chi connectivity index (χ1v) is 11.2. The van der Waals surface area contributed by atoms with Gasteiger partial charge in [0.05, 0.1) is 17.5 Å². The number of nitrogens with zero attached hydrogens (tertiary/aromatic N) is 5. The van der Waals surface area contributed by atoms with Crippen molar-refractivity contribution in [2.45, 2.75) is 11.8 Å². The molecule has 0 unspecified atom stereocenters. The Hall–Kier alpha value is -3.54. The van der Waals surface area contributed by atoms with Gasteiger partial charge >= 0.3 is 0 Å². The number of sulfonamides is 1. The van der Waals surface area contributed by atoms with Crippen LogP contribution in [0.4, 0.5) is 23.1 Å². The van der Waals surface area contributed by atoms with Crippen LogP contribution in [0.15, 0.2) is 59.6 Å². The van der Waals surface area contributed by atoms with Crippen molar-refractivity contribution < 1.29 is 13.3 Å². The van der Waals surface area contributed by atoms with Crippen LogP contribution in [-0.2, 0) is 14.9 Å². The Morgan fingerprint density at radius 3 is 2.69 bits per heavy atom. The molecule has 0 saturated carbocycles. The Morgan fingerprint density at radius 1 is 1.09 bits per heavy atom. The molecule has 0 saturated heterocycles. The smallest absolute Gasteiger partial charge is 0.264 e. The van der Waals surface area contributed by atoms with Gasteiger partial charge in [0.25, 0.3) is 10.0 Å². The maximum atomic E-state index is 12.5. The van der Waals surface area contributed by atoms with E-state index in [9.17, 15) is 8.42 Å². The van der Waals surface area contributed by atoms with Crippen LogP contribution >= 0.6 is 0 Å². The predicted molar refractivity (Wildman–Crippen MR) is 123 cm³/mol. The second-order valence-corrected chi connectivity index (χ2v) is 9.03. The molecule has 0 aliphatic rings. The average molecular weight is 454 g/mol. The first-order chi connectivity index (χ1) is 15.3. The molecular formula is C21H23N7O3S. The van der Waals surface area contributed by atoms with Gasteiger partial charge in [-0.1, -0.05) is 10.5 Å². The molecule has 0 aliphatic heterocycles. The molecular weight excluding hydrogens is 430 g/mol. The van der Waals surface area contributed by atoms with Crippen LogP contribution in [0.2, 0.25) is 0 Å². The highest BCUT2D eigenvalue weighted by atomic mass is 32.2. The van der Waals surface area contributed by atoms with E-state index in [2.05, 4.69) is 25.5 Å². The fourth-order valence-corrected chi connectivity index (χ4v) is 4.20. The highest BCUT2D eigenvalue weighted by molar-refractivity contribution is 7.89. The van der Waals surface area contributed by atoms with Crippen LogP contribution in [-0.4, -0.2) is 54.3 Å². The van der Waals surface area contributed by atoms with Crippen molar-refractivity contribution >= 4 is 44.1 Å². The molecule has 2 aromatic heterocycles. The summed E-state index contributed by atoms with van der Waals surface area (Å²) < 4.78 is 25.8. The third-order valence-corrected chi connectivity index (χ3v) is 6.76. The third-order valence-electron chi connectivity index (χ3n) is 5.08. The van der Waals surface area contributed by atoms with Gasteiger partial charge in [0.1, 0.15) is 5.82 Å². The van der Waals surface area contributed by atoms with Gasteiger partial charge in [0, 0.05) is 42.7 Å². The molecule has 2 N–H and O–H groups in total. The molecule has 166 valence electrons. The van der Waals surface area contributed by atoms with Gasteiger partial charge in [-0.25, -0.2) is 13.4 Å². The van der Waals surface area contributed by atoms with Gasteiger partial charge in [-0.3, -0.25) is 9.94 Å². The van der Waals surface area contributed by atoms with E-state index in [4.69, 9.17) is 4.84 Å². The number of hydrogen-bond donors (Lipinski definition) is 2. The molecule has 0 atom stereocenters. The molecule has 2 heterocycles. The lowest BCUT2D eigenvalue weighted by atomic mass is 10.2. The number of aryl methyl sites for hydroxylation is 1. The van der Waals surface area contributed by atoms with E-state index in [1.54, 1.807) is 24.4 Å². The van der Waals surface area contributed by atoms with Crippen LogP contribution in [0.25, 0.3) is 10.9 Å². The number of nitrogens with one attached hydrogen (secondary N) is 2. The quantitative estimate of drug-likeness (QED) is 0.409. The van der Waals surface area contributed by atoms with E-state index >= 15 is 0 Å². The molecule has 32 heavy (non-hydrogen) atoms. The van der Waals surface area contributed by atoms with Gasteiger partial charge in [-0.05, 0) is 49.4 Å². The van der Waals surface area contributed by atoms with Crippen LogP contribution in [0.3, 0.4) is 0 Å². The zero-order valence-electron chi connectivity index (χ0n) is 18.1. The molecule has 11 heteroatoms. The van der Waals surface area contributed by atoms with Crippen molar-refractivity contribution in [3.05, 3.63) is 60.4 Å². The fraction of sp³-hybridized carbons (Fsp3) is 0.190. The molecule has 0 aliphatic carbocycles. The van der Waals surface area contributed by atoms with E-state index < -0.39 is 10.0 Å². The number of aromatic nitrogens is 4. The van der Waals surface area contributed by atoms with Crippen molar-refractivity contribution in [1.29, 1.82) is 0 Å². The summed E-state index contributed by atoms with van der Waals surface area (Å²) >= 11 is 0. The summed E-state index contributed by atoms with van der Waals surface area (Å²) in [7, 11) is 0.764. The third kappa shape index (κ3) is 4.13. The van der Waals surface area contributed by atoms with Gasteiger partial charge in [-0.2, -0.15) is 10.1 Å². The predicted octanol–water partition coefficient (Wildman–Crippen LogP) is 3.35. The number of H-pyrrole nitrogens is 1. The lowest BCUT2D eigenvalue weighted by Crippen LogP contribution is -2.25. The number of fused-ring (bicyclic) bond motifs is 1. The van der Waals surface area contributed by atoms with E-state index in [1.165, 1.54) is 26.3 Å². The molecule has 0 amide bonds. The summed E-state index contributed by atoms with van der Waals surface area (Å²) in [4.78, 5) is 15.7. The highest BCUT2D eigenvalue weighted by Crippen LogP contribution is 2.27. The molecule has 2 aromatic carbocycles. The van der Waals surface area contributed by atoms with Crippen LogP contribution in [0.5, 0.6) is 0 Å². The Labute approximate surface area is 185 Å². The molecule has 4 rings (SSSR count). The van der Waals surface area contributed by atoms with Gasteiger partial charge in [-0.15, -0.1) is 0 Å². The Balaban J connectivity index is 1.59. The van der Waals surface area contributed by atoms with E-state index in [0.29, 0.717) is 17.5 Å². The summed E-state index contributed by atoms with van der Waals surface area (Å²) in [6.45, 7) is 1.98. The normalized spacial score (nSPS) is 11.8. The Kier molecular flexibility index (Phi) is 5.78. The molecule has 10 nitrogen and oxygen atoms in total. The fourth-order valence-electron chi connectivity index (χ4n) is 3.18. The number of benzene rings is 2. The van der Waals surface area contributed by atoms with Crippen LogP contribution in [0.1, 0.15) is 5.69 Å². The van der Waals surface area contributed by atoms with Gasteiger partial charge < -0.3 is 10.2 Å². The maximum Gasteiger partial charge on any atom is 0.264 e. The molecule has 0 fully saturated rings. The zero-order valence-corrected chi connectivity index (χ0v) is 18.9. The van der Waals surface area contributed by atoms with E-state index in [-0.39, 0.29) is 4.90 Å². The minimum Gasteiger partial charge on any atom is -0.329 e. The molecule has 0 bridgehead atoms. The lowest BCUT2D eigenvalue weighted by molar-refractivity contribution is -0.0258. The highest BCUT2D eigenvalue weighted by Gasteiger charge is 2.21. The monoisotopic (exact) mass is 453 g/mol. The number of rotatable bonds is 7. The molecule has 0 spiro atoms. The Morgan fingerprint density at radius 2 is 1.91 bits per heavy atom. The van der Waals surface area contributed by atoms with E-state index in [1.807, 2.05) is 37.1 Å². The zero-order chi connectivity index (χ0) is 22.9. The number of anilines is 4. The average Bonchev–Trinajstić information content (AvgIpc) is 3.18. The van der Waals surface area contributed by atoms with Crippen molar-refractivity contribution in [2.75, 3.05) is 31.4 Å². The maximum absolute atomic E-state index is 12.5. The molecule has 4 aromatic rings. The second kappa shape index (κ2) is 8.54. The lowest BCUT2D eigenvalue weighted by Gasteiger charge is -2.19. The first kappa shape index (κ1) is 21.7. The van der Waals surface area contributed by atoms with Crippen molar-refractivity contribution in [3.8, 4) is 0 Å². The number of hydroxylamine groups is 1. The van der Waals surface area contributed by atoms with Gasteiger partial charge in [0.15, 0.2) is 0 Å². The summed E-state index contributed by atoms with van der Waals surface area (Å²) in [5.41, 5.74) is 3.34. The summed E-state index contributed by atoms with van der Waals surface area (Å²) in [6.07, 6.45) is 1.64. The minimum absolute atomic E-state index is 0.0859. The van der Waals surface area contributed by atoms with Crippen molar-refractivity contribution in [1.82, 2.24) is 24.6 Å². The SMILES string of the molecule is CON(C)S(=O)(=O)c1cccc(Nc2nccc(N(C)c3ccc4c(C)[nH]nc4c3)n2)c1. The van der Waals surface area contributed by atoms with Crippen LogP contribution in [0, 0.1) is 6.92 Å². The summed E-state index contributed by atoms with van der Waals surface area (Å²) in [6, 6.07) is 14.2. The second-order valence-electron chi connectivity index (χ2n) is 7.10. The minimum atomic E-state index is -3.76. The number of aromatic amines is 1. The van der Waals surface area contributed by atoms with Gasteiger partial charge in [0.2, 0.25) is 5.95 Å². The first-order valence-electron chi connectivity index (χ1n) is 9.71. The topological polar surface area (TPSA) is 116 Å². The Bertz CT molecular complexity index is 1370. The van der Waals surface area contributed by atoms with Crippen LogP contribution < -0.4 is 10.2 Å². The standard InChI is InChI=1S/C21H23N7O3S/c1-14-18-9-8-16(13-19(18)26-25-14)27(2)20-10-11-22-21(24-20)23-15-6-5-7-17(12-15)32(29,30)28(3)31-4/h5-13H,1-4H3,(H,25,26)(H,22,23,24). The van der Waals surface area contributed by atoms with Crippen molar-refractivity contribution in [3.63, 3.8) is 0 Å². The largest absolute Gasteiger partial charge is 0.329 e.